The maximum Gasteiger partial charge on any atom is 0.273 e. The van der Waals surface area contributed by atoms with Gasteiger partial charge in [0.2, 0.25) is 5.91 Å². The molecule has 0 saturated heterocycles. The summed E-state index contributed by atoms with van der Waals surface area (Å²) in [5.41, 5.74) is 0.558. The average Bonchev–Trinajstić information content (AvgIpc) is 2.59. The molecule has 0 aliphatic rings. The molecule has 0 radical (unpaired) electrons. The number of terminal acetylenes is 1. The lowest BCUT2D eigenvalue weighted by Crippen LogP contribution is -2.25. The normalized spacial score (nSPS) is 9.91. The van der Waals surface area contributed by atoms with Crippen LogP contribution >= 0.6 is 0 Å². The van der Waals surface area contributed by atoms with Gasteiger partial charge < -0.3 is 15.0 Å². The first-order valence-corrected chi connectivity index (χ1v) is 6.94. The monoisotopic (exact) mass is 312 g/mol. The Hall–Kier alpha value is -3.14. The summed E-state index contributed by atoms with van der Waals surface area (Å²) in [6, 6.07) is 7.07. The predicted molar refractivity (Wildman–Crippen MR) is 84.8 cm³/mol. The lowest BCUT2D eigenvalue weighted by molar-refractivity contribution is -0.120. The van der Waals surface area contributed by atoms with Crippen LogP contribution < -0.4 is 15.6 Å². The molecule has 0 saturated carbocycles. The van der Waals surface area contributed by atoms with Crippen molar-refractivity contribution in [3.8, 4) is 29.5 Å². The zero-order chi connectivity index (χ0) is 16.7. The van der Waals surface area contributed by atoms with Crippen molar-refractivity contribution in [3.63, 3.8) is 0 Å². The van der Waals surface area contributed by atoms with Crippen LogP contribution in [0.15, 0.2) is 29.1 Å². The summed E-state index contributed by atoms with van der Waals surface area (Å²) in [6.07, 6.45) is 5.37. The maximum atomic E-state index is 12.0. The number of aromatic nitrogens is 3. The van der Waals surface area contributed by atoms with Crippen LogP contribution in [0.2, 0.25) is 0 Å². The van der Waals surface area contributed by atoms with Crippen molar-refractivity contribution < 1.29 is 9.53 Å². The number of nitrogens with one attached hydrogen (secondary N) is 2. The highest BCUT2D eigenvalue weighted by Crippen LogP contribution is 2.17. The van der Waals surface area contributed by atoms with E-state index >= 15 is 0 Å². The number of nitrogens with zero attached hydrogens (tertiary/aromatic N) is 2. The molecule has 7 nitrogen and oxygen atoms in total. The molecular formula is C16H16N4O3. The second-order valence-corrected chi connectivity index (χ2v) is 4.66. The van der Waals surface area contributed by atoms with Crippen LogP contribution in [-0.4, -0.2) is 34.7 Å². The standard InChI is InChI=1S/C16H16N4O3/c1-3-10-17-14(21)9-8-13-16(22)18-15(20-19-13)11-4-6-12(23-2)7-5-11/h1,4-7H,8-10H2,2H3,(H,17,21)(H,18,20,22). The summed E-state index contributed by atoms with van der Waals surface area (Å²) in [4.78, 5) is 26.1. The Bertz CT molecular complexity index is 775. The number of hydrogen-bond donors (Lipinski definition) is 2. The van der Waals surface area contributed by atoms with Gasteiger partial charge in [0.25, 0.3) is 5.56 Å². The lowest BCUT2D eigenvalue weighted by Gasteiger charge is -2.04. The van der Waals surface area contributed by atoms with Crippen molar-refractivity contribution >= 4 is 5.91 Å². The van der Waals surface area contributed by atoms with Crippen LogP contribution in [0.3, 0.4) is 0 Å². The van der Waals surface area contributed by atoms with Gasteiger partial charge >= 0.3 is 0 Å². The van der Waals surface area contributed by atoms with Gasteiger partial charge in [-0.05, 0) is 24.3 Å². The minimum absolute atomic E-state index is 0.126. The lowest BCUT2D eigenvalue weighted by atomic mass is 10.2. The molecule has 0 spiro atoms. The third-order valence-electron chi connectivity index (χ3n) is 3.10. The molecule has 1 aromatic heterocycles. The van der Waals surface area contributed by atoms with E-state index in [1.165, 1.54) is 0 Å². The topological polar surface area (TPSA) is 97.0 Å². The predicted octanol–water partition coefficient (Wildman–Crippen LogP) is 0.522. The summed E-state index contributed by atoms with van der Waals surface area (Å²) in [6.45, 7) is 0.164. The zero-order valence-electron chi connectivity index (χ0n) is 12.6. The molecule has 2 N–H and O–H groups in total. The molecule has 0 aliphatic carbocycles. The molecule has 0 fully saturated rings. The van der Waals surface area contributed by atoms with Gasteiger partial charge in [-0.15, -0.1) is 16.6 Å². The fourth-order valence-electron chi connectivity index (χ4n) is 1.87. The molecule has 7 heteroatoms. The number of carbonyl (C=O) groups is 1. The summed E-state index contributed by atoms with van der Waals surface area (Å²) in [5.74, 6) is 3.14. The summed E-state index contributed by atoms with van der Waals surface area (Å²) >= 11 is 0. The molecule has 0 atom stereocenters. The fraction of sp³-hybridized carbons (Fsp3) is 0.250. The fourth-order valence-corrected chi connectivity index (χ4v) is 1.87. The zero-order valence-corrected chi connectivity index (χ0v) is 12.6. The largest absolute Gasteiger partial charge is 0.497 e. The molecule has 118 valence electrons. The molecule has 23 heavy (non-hydrogen) atoms. The minimum Gasteiger partial charge on any atom is -0.497 e. The summed E-state index contributed by atoms with van der Waals surface area (Å²) in [5, 5.41) is 10.4. The summed E-state index contributed by atoms with van der Waals surface area (Å²) < 4.78 is 5.07. The van der Waals surface area contributed by atoms with Crippen LogP contribution in [-0.2, 0) is 11.2 Å². The molecule has 1 amide bonds. The van der Waals surface area contributed by atoms with Crippen LogP contribution in [0, 0.1) is 12.3 Å². The Kier molecular flexibility index (Phi) is 5.47. The van der Waals surface area contributed by atoms with Gasteiger partial charge in [0.1, 0.15) is 11.4 Å². The number of aromatic amines is 1. The third-order valence-corrected chi connectivity index (χ3v) is 3.10. The second kappa shape index (κ2) is 7.75. The third kappa shape index (κ3) is 4.41. The van der Waals surface area contributed by atoms with Gasteiger partial charge in [-0.2, -0.15) is 0 Å². The van der Waals surface area contributed by atoms with Gasteiger partial charge in [-0.25, -0.2) is 0 Å². The number of methoxy groups -OCH3 is 1. The Morgan fingerprint density at radius 1 is 1.35 bits per heavy atom. The SMILES string of the molecule is C#CCNC(=O)CCc1nnc(-c2ccc(OC)cc2)[nH]c1=O. The molecule has 0 aliphatic heterocycles. The molecule has 2 rings (SSSR count). The van der Waals surface area contributed by atoms with Gasteiger partial charge in [-0.1, -0.05) is 5.92 Å². The van der Waals surface area contributed by atoms with Crippen molar-refractivity contribution in [2.75, 3.05) is 13.7 Å². The van der Waals surface area contributed by atoms with E-state index in [-0.39, 0.29) is 36.5 Å². The number of benzene rings is 1. The number of ether oxygens (including phenoxy) is 1. The van der Waals surface area contributed by atoms with Crippen LogP contribution in [0.1, 0.15) is 12.1 Å². The second-order valence-electron chi connectivity index (χ2n) is 4.66. The molecule has 2 aromatic rings. The minimum atomic E-state index is -0.365. The Labute approximate surface area is 133 Å². The van der Waals surface area contributed by atoms with Crippen LogP contribution in [0.25, 0.3) is 11.4 Å². The number of amides is 1. The number of carbonyl (C=O) groups excluding carboxylic acids is 1. The number of hydrogen-bond acceptors (Lipinski definition) is 5. The van der Waals surface area contributed by atoms with E-state index in [0.29, 0.717) is 17.1 Å². The Morgan fingerprint density at radius 3 is 2.70 bits per heavy atom. The molecular weight excluding hydrogens is 296 g/mol. The maximum absolute atomic E-state index is 12.0. The average molecular weight is 312 g/mol. The highest BCUT2D eigenvalue weighted by molar-refractivity contribution is 5.76. The molecule has 1 heterocycles. The van der Waals surface area contributed by atoms with E-state index in [2.05, 4.69) is 26.4 Å². The van der Waals surface area contributed by atoms with Crippen molar-refractivity contribution in [1.29, 1.82) is 0 Å². The van der Waals surface area contributed by atoms with Gasteiger partial charge in [0, 0.05) is 18.4 Å². The van der Waals surface area contributed by atoms with Crippen molar-refractivity contribution in [3.05, 3.63) is 40.3 Å². The van der Waals surface area contributed by atoms with Crippen LogP contribution in [0.4, 0.5) is 0 Å². The highest BCUT2D eigenvalue weighted by Gasteiger charge is 2.09. The first kappa shape index (κ1) is 16.2. The van der Waals surface area contributed by atoms with Crippen molar-refractivity contribution in [2.24, 2.45) is 0 Å². The highest BCUT2D eigenvalue weighted by atomic mass is 16.5. The first-order valence-electron chi connectivity index (χ1n) is 6.94. The van der Waals surface area contributed by atoms with Gasteiger partial charge in [-0.3, -0.25) is 9.59 Å². The molecule has 0 bridgehead atoms. The summed E-state index contributed by atoms with van der Waals surface area (Å²) in [7, 11) is 1.57. The molecule has 0 unspecified atom stereocenters. The van der Waals surface area contributed by atoms with Crippen LogP contribution in [0.5, 0.6) is 5.75 Å². The number of H-pyrrole nitrogens is 1. The van der Waals surface area contributed by atoms with E-state index in [1.54, 1.807) is 31.4 Å². The Balaban J connectivity index is 2.07. The van der Waals surface area contributed by atoms with E-state index in [4.69, 9.17) is 11.2 Å². The van der Waals surface area contributed by atoms with E-state index in [0.717, 1.165) is 0 Å². The van der Waals surface area contributed by atoms with Crippen molar-refractivity contribution in [1.82, 2.24) is 20.5 Å². The van der Waals surface area contributed by atoms with Gasteiger partial charge in [0.05, 0.1) is 13.7 Å². The van der Waals surface area contributed by atoms with E-state index in [1.807, 2.05) is 0 Å². The van der Waals surface area contributed by atoms with E-state index < -0.39 is 0 Å². The smallest absolute Gasteiger partial charge is 0.273 e. The molecule has 1 aromatic carbocycles. The number of aryl methyl sites for hydroxylation is 1. The van der Waals surface area contributed by atoms with Gasteiger partial charge in [0.15, 0.2) is 5.82 Å². The van der Waals surface area contributed by atoms with Crippen molar-refractivity contribution in [2.45, 2.75) is 12.8 Å². The van der Waals surface area contributed by atoms with E-state index in [9.17, 15) is 9.59 Å². The Morgan fingerprint density at radius 2 is 2.09 bits per heavy atom. The quantitative estimate of drug-likeness (QED) is 0.758. The number of rotatable bonds is 6. The first-order chi connectivity index (χ1) is 11.1.